The minimum absolute atomic E-state index is 0.105. The Morgan fingerprint density at radius 2 is 1.81 bits per heavy atom. The van der Waals surface area contributed by atoms with E-state index in [1.165, 1.54) is 39.2 Å². The maximum atomic E-state index is 12.7. The van der Waals surface area contributed by atoms with E-state index < -0.39 is 0 Å². The molecular weight excluding hydrogens is 266 g/mol. The first-order chi connectivity index (χ1) is 10.2. The first-order valence-electron chi connectivity index (χ1n) is 8.51. The van der Waals surface area contributed by atoms with Crippen LogP contribution in [0.3, 0.4) is 0 Å². The van der Waals surface area contributed by atoms with Crippen LogP contribution in [0.2, 0.25) is 0 Å². The number of ether oxygens (including phenoxy) is 1. The molecule has 2 fully saturated rings. The molecule has 0 N–H and O–H groups in total. The van der Waals surface area contributed by atoms with Crippen molar-refractivity contribution in [2.75, 3.05) is 20.2 Å². The molecule has 2 saturated carbocycles. The van der Waals surface area contributed by atoms with Crippen LogP contribution < -0.4 is 0 Å². The van der Waals surface area contributed by atoms with Gasteiger partial charge in [0.05, 0.1) is 7.11 Å². The van der Waals surface area contributed by atoms with Gasteiger partial charge in [0, 0.05) is 12.5 Å². The van der Waals surface area contributed by atoms with E-state index in [0.717, 1.165) is 31.1 Å². The highest BCUT2D eigenvalue weighted by Crippen LogP contribution is 2.43. The van der Waals surface area contributed by atoms with E-state index in [0.29, 0.717) is 6.54 Å². The van der Waals surface area contributed by atoms with E-state index in [1.807, 2.05) is 6.92 Å². The van der Waals surface area contributed by atoms with Crippen molar-refractivity contribution in [2.24, 2.45) is 17.8 Å². The first-order valence-corrected chi connectivity index (χ1v) is 8.51. The van der Waals surface area contributed by atoms with Gasteiger partial charge in [-0.05, 0) is 37.5 Å². The summed E-state index contributed by atoms with van der Waals surface area (Å²) in [7, 11) is 1.38. The largest absolute Gasteiger partial charge is 0.468 e. The molecule has 0 aromatic carbocycles. The quantitative estimate of drug-likeness (QED) is 0.732. The van der Waals surface area contributed by atoms with E-state index >= 15 is 0 Å². The van der Waals surface area contributed by atoms with Gasteiger partial charge in [-0.1, -0.05) is 32.6 Å². The molecule has 2 aliphatic rings. The molecule has 21 heavy (non-hydrogen) atoms. The standard InChI is InChI=1S/C17H29NO3/c1-3-10-18(12-16(19)21-2)17(20)15-9-8-13-6-4-5-7-14(13)11-15/h13-15H,3-12H2,1-2H3. The summed E-state index contributed by atoms with van der Waals surface area (Å²) in [6.45, 7) is 2.79. The highest BCUT2D eigenvalue weighted by molar-refractivity contribution is 5.83. The molecule has 2 rings (SSSR count). The number of methoxy groups -OCH3 is 1. The van der Waals surface area contributed by atoms with Crippen LogP contribution in [0, 0.1) is 17.8 Å². The second kappa shape index (κ2) is 7.81. The molecular formula is C17H29NO3. The fourth-order valence-corrected chi connectivity index (χ4v) is 4.11. The molecule has 0 spiro atoms. The third-order valence-corrected chi connectivity index (χ3v) is 5.24. The van der Waals surface area contributed by atoms with E-state index in [2.05, 4.69) is 0 Å². The fraction of sp³-hybridized carbons (Fsp3) is 0.882. The predicted molar refractivity (Wildman–Crippen MR) is 81.7 cm³/mol. The van der Waals surface area contributed by atoms with Gasteiger partial charge in [-0.15, -0.1) is 0 Å². The Bertz CT molecular complexity index is 369. The average molecular weight is 295 g/mol. The van der Waals surface area contributed by atoms with Crippen LogP contribution in [0.5, 0.6) is 0 Å². The molecule has 4 nitrogen and oxygen atoms in total. The van der Waals surface area contributed by atoms with Crippen LogP contribution in [-0.4, -0.2) is 37.0 Å². The van der Waals surface area contributed by atoms with Gasteiger partial charge in [-0.25, -0.2) is 0 Å². The second-order valence-electron chi connectivity index (χ2n) is 6.65. The van der Waals surface area contributed by atoms with Gasteiger partial charge in [0.1, 0.15) is 6.54 Å². The summed E-state index contributed by atoms with van der Waals surface area (Å²) in [5.41, 5.74) is 0. The summed E-state index contributed by atoms with van der Waals surface area (Å²) < 4.78 is 4.72. The van der Waals surface area contributed by atoms with Crippen molar-refractivity contribution in [3.8, 4) is 0 Å². The van der Waals surface area contributed by atoms with Gasteiger partial charge in [0.15, 0.2) is 0 Å². The van der Waals surface area contributed by atoms with Crippen LogP contribution >= 0.6 is 0 Å². The van der Waals surface area contributed by atoms with Crippen molar-refractivity contribution in [3.63, 3.8) is 0 Å². The molecule has 2 aliphatic carbocycles. The van der Waals surface area contributed by atoms with E-state index in [9.17, 15) is 9.59 Å². The highest BCUT2D eigenvalue weighted by Gasteiger charge is 2.36. The van der Waals surface area contributed by atoms with Crippen LogP contribution in [0.15, 0.2) is 0 Å². The van der Waals surface area contributed by atoms with Crippen LogP contribution in [0.25, 0.3) is 0 Å². The number of esters is 1. The van der Waals surface area contributed by atoms with E-state index in [1.54, 1.807) is 4.90 Å². The summed E-state index contributed by atoms with van der Waals surface area (Å²) in [6, 6.07) is 0. The van der Waals surface area contributed by atoms with Gasteiger partial charge in [-0.3, -0.25) is 9.59 Å². The summed E-state index contributed by atoms with van der Waals surface area (Å²) in [5.74, 6) is 1.57. The van der Waals surface area contributed by atoms with Gasteiger partial charge in [0.25, 0.3) is 0 Å². The van der Waals surface area contributed by atoms with Crippen molar-refractivity contribution < 1.29 is 14.3 Å². The normalized spacial score (nSPS) is 28.6. The molecule has 3 atom stereocenters. The van der Waals surface area contributed by atoms with Crippen molar-refractivity contribution in [3.05, 3.63) is 0 Å². The zero-order valence-electron chi connectivity index (χ0n) is 13.5. The molecule has 3 unspecified atom stereocenters. The lowest BCUT2D eigenvalue weighted by Crippen LogP contribution is -2.43. The number of carbonyl (C=O) groups is 2. The van der Waals surface area contributed by atoms with Crippen molar-refractivity contribution in [2.45, 2.75) is 58.3 Å². The third kappa shape index (κ3) is 4.21. The number of nitrogens with zero attached hydrogens (tertiary/aromatic N) is 1. The molecule has 0 bridgehead atoms. The molecule has 120 valence electrons. The topological polar surface area (TPSA) is 46.6 Å². The molecule has 0 saturated heterocycles. The lowest BCUT2D eigenvalue weighted by atomic mass is 9.67. The number of carbonyl (C=O) groups excluding carboxylic acids is 2. The summed E-state index contributed by atoms with van der Waals surface area (Å²) >= 11 is 0. The zero-order valence-corrected chi connectivity index (χ0v) is 13.5. The Morgan fingerprint density at radius 1 is 1.10 bits per heavy atom. The number of hydrogen-bond donors (Lipinski definition) is 0. The second-order valence-corrected chi connectivity index (χ2v) is 6.65. The lowest BCUT2D eigenvalue weighted by molar-refractivity contribution is -0.149. The van der Waals surface area contributed by atoms with Crippen molar-refractivity contribution >= 4 is 11.9 Å². The molecule has 1 amide bonds. The third-order valence-electron chi connectivity index (χ3n) is 5.24. The Labute approximate surface area is 128 Å². The molecule has 0 aliphatic heterocycles. The Morgan fingerprint density at radius 3 is 2.48 bits per heavy atom. The zero-order chi connectivity index (χ0) is 15.2. The smallest absolute Gasteiger partial charge is 0.325 e. The molecule has 0 heterocycles. The molecule has 0 aromatic rings. The van der Waals surface area contributed by atoms with Crippen LogP contribution in [-0.2, 0) is 14.3 Å². The SMILES string of the molecule is CCCN(CC(=O)OC)C(=O)C1CCC2CCCCC2C1. The maximum Gasteiger partial charge on any atom is 0.325 e. The Balaban J connectivity index is 1.94. The minimum Gasteiger partial charge on any atom is -0.468 e. The minimum atomic E-state index is -0.317. The number of hydrogen-bond acceptors (Lipinski definition) is 3. The Kier molecular flexibility index (Phi) is 6.07. The highest BCUT2D eigenvalue weighted by atomic mass is 16.5. The summed E-state index contributed by atoms with van der Waals surface area (Å²) in [5, 5.41) is 0. The predicted octanol–water partition coefficient (Wildman–Crippen LogP) is 3.00. The van der Waals surface area contributed by atoms with Gasteiger partial charge < -0.3 is 9.64 Å². The maximum absolute atomic E-state index is 12.7. The fourth-order valence-electron chi connectivity index (χ4n) is 4.11. The van der Waals surface area contributed by atoms with E-state index in [-0.39, 0.29) is 24.3 Å². The van der Waals surface area contributed by atoms with Gasteiger partial charge >= 0.3 is 5.97 Å². The summed E-state index contributed by atoms with van der Waals surface area (Å²) in [4.78, 5) is 25.9. The van der Waals surface area contributed by atoms with Gasteiger partial charge in [0.2, 0.25) is 5.91 Å². The average Bonchev–Trinajstić information content (AvgIpc) is 2.53. The van der Waals surface area contributed by atoms with Crippen molar-refractivity contribution in [1.29, 1.82) is 0 Å². The molecule has 4 heteroatoms. The number of rotatable bonds is 5. The number of fused-ring (bicyclic) bond motifs is 1. The summed E-state index contributed by atoms with van der Waals surface area (Å²) in [6.07, 6.45) is 9.44. The van der Waals surface area contributed by atoms with Crippen LogP contribution in [0.4, 0.5) is 0 Å². The van der Waals surface area contributed by atoms with Gasteiger partial charge in [-0.2, -0.15) is 0 Å². The lowest BCUT2D eigenvalue weighted by Gasteiger charge is -2.40. The monoisotopic (exact) mass is 295 g/mol. The first kappa shape index (κ1) is 16.3. The molecule has 0 aromatic heterocycles. The molecule has 0 radical (unpaired) electrons. The van der Waals surface area contributed by atoms with E-state index in [4.69, 9.17) is 4.74 Å². The Hall–Kier alpha value is -1.06. The number of amides is 1. The van der Waals surface area contributed by atoms with Crippen molar-refractivity contribution in [1.82, 2.24) is 4.90 Å². The van der Waals surface area contributed by atoms with Crippen LogP contribution in [0.1, 0.15) is 58.3 Å².